The number of piperazine rings is 1. The molecule has 0 radical (unpaired) electrons. The van der Waals surface area contributed by atoms with Crippen molar-refractivity contribution in [1.82, 2.24) is 19.4 Å². The summed E-state index contributed by atoms with van der Waals surface area (Å²) in [5.74, 6) is -0.937. The average molecular weight is 640 g/mol. The lowest BCUT2D eigenvalue weighted by Gasteiger charge is -2.45. The summed E-state index contributed by atoms with van der Waals surface area (Å²) < 4.78 is 42.9. The molecule has 1 amide bonds. The summed E-state index contributed by atoms with van der Waals surface area (Å²) in [4.78, 5) is 37.4. The van der Waals surface area contributed by atoms with Crippen molar-refractivity contribution >= 4 is 34.2 Å². The summed E-state index contributed by atoms with van der Waals surface area (Å²) in [6.07, 6.45) is 4.23. The van der Waals surface area contributed by atoms with Crippen LogP contribution in [0.3, 0.4) is 0 Å². The Labute approximate surface area is 265 Å². The lowest BCUT2D eigenvalue weighted by Crippen LogP contribution is -2.58. The largest absolute Gasteiger partial charge is 0.488 e. The number of carbonyl (C=O) groups excluding carboxylic acids is 1. The van der Waals surface area contributed by atoms with Crippen LogP contribution in [0.1, 0.15) is 39.2 Å². The van der Waals surface area contributed by atoms with Gasteiger partial charge in [-0.25, -0.2) is 13.6 Å². The Morgan fingerprint density at radius 1 is 1.16 bits per heavy atom. The minimum atomic E-state index is -0.782. The molecule has 3 aromatic rings. The van der Waals surface area contributed by atoms with E-state index in [2.05, 4.69) is 16.5 Å². The van der Waals surface area contributed by atoms with Crippen molar-refractivity contribution in [2.75, 3.05) is 44.3 Å². The van der Waals surface area contributed by atoms with Crippen LogP contribution < -0.4 is 15.3 Å². The van der Waals surface area contributed by atoms with Gasteiger partial charge < -0.3 is 19.3 Å². The molecular weight excluding hydrogens is 604 g/mol. The number of aromatic nitrogens is 2. The van der Waals surface area contributed by atoms with E-state index in [1.165, 1.54) is 18.2 Å². The number of nitrogens with zero attached hydrogens (tertiary/aromatic N) is 5. The smallest absolute Gasteiger partial charge is 0.350 e. The lowest BCUT2D eigenvalue weighted by atomic mass is 9.98. The number of benzene rings is 2. The van der Waals surface area contributed by atoms with Gasteiger partial charge in [-0.05, 0) is 63.9 Å². The monoisotopic (exact) mass is 639 g/mol. The highest BCUT2D eigenvalue weighted by Crippen LogP contribution is 2.47. The number of halogens is 3. The Bertz CT molecular complexity index is 1750. The zero-order valence-corrected chi connectivity index (χ0v) is 26.1. The van der Waals surface area contributed by atoms with Gasteiger partial charge >= 0.3 is 5.69 Å². The molecule has 0 spiro atoms. The number of likely N-dealkylation sites (tertiary alicyclic amines) is 1. The Morgan fingerprint density at radius 3 is 2.69 bits per heavy atom. The first-order valence-corrected chi connectivity index (χ1v) is 15.9. The van der Waals surface area contributed by atoms with Crippen molar-refractivity contribution in [3.8, 4) is 16.9 Å². The van der Waals surface area contributed by atoms with Crippen LogP contribution in [0.2, 0.25) is 5.02 Å². The number of hydrogen-bond donors (Lipinski definition) is 0. The van der Waals surface area contributed by atoms with Crippen LogP contribution in [0.4, 0.5) is 14.6 Å². The molecule has 2 bridgehead atoms. The van der Waals surface area contributed by atoms with Crippen LogP contribution in [-0.2, 0) is 9.53 Å². The third-order valence-corrected chi connectivity index (χ3v) is 10.1. The SMILES string of the molecule is C=CC(=O)N1C[C@H](C)N(c2nc(=O)n3c4c(c(-c5ccc(F)cc5F)c(Cl)cc24)OC[C@H]3CCCN2C[C@H]3C[C@@H]2CO3)C[C@H]1C. The molecule has 9 nitrogen and oxygen atoms in total. The molecule has 12 heteroatoms. The molecule has 238 valence electrons. The molecule has 4 aliphatic rings. The van der Waals surface area contributed by atoms with E-state index in [0.717, 1.165) is 38.6 Å². The second-order valence-electron chi connectivity index (χ2n) is 12.7. The van der Waals surface area contributed by atoms with Gasteiger partial charge in [0.25, 0.3) is 0 Å². The van der Waals surface area contributed by atoms with Crippen LogP contribution in [0.25, 0.3) is 22.0 Å². The number of ether oxygens (including phenoxy) is 2. The summed E-state index contributed by atoms with van der Waals surface area (Å²) in [6, 6.07) is 4.83. The molecule has 0 unspecified atom stereocenters. The molecule has 2 aromatic carbocycles. The van der Waals surface area contributed by atoms with Gasteiger partial charge in [0.2, 0.25) is 5.91 Å². The highest BCUT2D eigenvalue weighted by atomic mass is 35.5. The highest BCUT2D eigenvalue weighted by molar-refractivity contribution is 6.35. The van der Waals surface area contributed by atoms with Crippen LogP contribution >= 0.6 is 11.6 Å². The maximum Gasteiger partial charge on any atom is 0.350 e. The zero-order chi connectivity index (χ0) is 31.6. The van der Waals surface area contributed by atoms with Gasteiger partial charge in [0, 0.05) is 60.3 Å². The van der Waals surface area contributed by atoms with Gasteiger partial charge in [-0.1, -0.05) is 18.2 Å². The van der Waals surface area contributed by atoms with Crippen molar-refractivity contribution in [2.45, 2.75) is 63.4 Å². The van der Waals surface area contributed by atoms with Gasteiger partial charge in [-0.2, -0.15) is 4.98 Å². The molecule has 45 heavy (non-hydrogen) atoms. The normalized spacial score (nSPS) is 26.0. The quantitative estimate of drug-likeness (QED) is 0.344. The fourth-order valence-electron chi connectivity index (χ4n) is 7.56. The number of anilines is 1. The number of fused-ring (bicyclic) bond motifs is 2. The number of carbonyl (C=O) groups is 1. The maximum absolute atomic E-state index is 15.2. The van der Waals surface area contributed by atoms with Gasteiger partial charge in [0.1, 0.15) is 24.1 Å². The van der Waals surface area contributed by atoms with Crippen LogP contribution in [0, 0.1) is 11.6 Å². The Morgan fingerprint density at radius 2 is 1.98 bits per heavy atom. The predicted molar refractivity (Wildman–Crippen MR) is 168 cm³/mol. The topological polar surface area (TPSA) is 80.1 Å². The van der Waals surface area contributed by atoms with E-state index in [1.807, 2.05) is 18.7 Å². The summed E-state index contributed by atoms with van der Waals surface area (Å²) >= 11 is 6.88. The standard InChI is InChI=1S/C33H36ClF2N5O4/c1-4-28(42)39-13-19(3)40(14-18(39)2)32-25-12-26(34)29(24-8-7-20(35)10-27(24)36)31-30(25)41(33(43)37-32)21(16-45-31)6-5-9-38-15-23-11-22(38)17-44-23/h4,7-8,10,12,18-19,21-23H,1,5-6,9,11,13-17H2,2-3H3/t18-,19+,21-,22-,23-/m1/s1. The molecule has 3 saturated heterocycles. The van der Waals surface area contributed by atoms with Gasteiger partial charge in [0.15, 0.2) is 5.75 Å². The number of amides is 1. The molecule has 5 atom stereocenters. The third-order valence-electron chi connectivity index (χ3n) is 9.79. The minimum absolute atomic E-state index is 0.0824. The van der Waals surface area contributed by atoms with Gasteiger partial charge in [-0.15, -0.1) is 0 Å². The summed E-state index contributed by atoms with van der Waals surface area (Å²) in [7, 11) is 0. The summed E-state index contributed by atoms with van der Waals surface area (Å²) in [5, 5.41) is 0.796. The first kappa shape index (κ1) is 30.1. The maximum atomic E-state index is 15.2. The van der Waals surface area contributed by atoms with Crippen molar-refractivity contribution < 1.29 is 23.0 Å². The zero-order valence-electron chi connectivity index (χ0n) is 25.3. The molecule has 0 aliphatic carbocycles. The molecule has 0 saturated carbocycles. The predicted octanol–water partition coefficient (Wildman–Crippen LogP) is 4.79. The van der Waals surface area contributed by atoms with Crippen molar-refractivity contribution in [3.63, 3.8) is 0 Å². The first-order valence-electron chi connectivity index (χ1n) is 15.6. The van der Waals surface area contributed by atoms with Gasteiger partial charge in [-0.3, -0.25) is 14.3 Å². The van der Waals surface area contributed by atoms with E-state index in [1.54, 1.807) is 15.5 Å². The van der Waals surface area contributed by atoms with Crippen LogP contribution in [-0.4, -0.2) is 88.9 Å². The van der Waals surface area contributed by atoms with E-state index in [-0.39, 0.29) is 52.5 Å². The second kappa shape index (κ2) is 11.7. The van der Waals surface area contributed by atoms with E-state index in [9.17, 15) is 14.0 Å². The molecule has 3 fully saturated rings. The van der Waals surface area contributed by atoms with Crippen molar-refractivity contribution in [3.05, 3.63) is 64.1 Å². The molecule has 7 rings (SSSR count). The Kier molecular flexibility index (Phi) is 7.82. The molecular formula is C33H36ClF2N5O4. The van der Waals surface area contributed by atoms with Crippen molar-refractivity contribution in [2.24, 2.45) is 0 Å². The van der Waals surface area contributed by atoms with E-state index in [0.29, 0.717) is 48.4 Å². The van der Waals surface area contributed by atoms with Gasteiger partial charge in [0.05, 0.1) is 29.3 Å². The molecule has 1 aromatic heterocycles. The van der Waals surface area contributed by atoms with E-state index in [4.69, 9.17) is 21.1 Å². The Balaban J connectivity index is 1.32. The van der Waals surface area contributed by atoms with Crippen molar-refractivity contribution in [1.29, 1.82) is 0 Å². The first-order chi connectivity index (χ1) is 21.6. The number of morpholine rings is 1. The van der Waals surface area contributed by atoms with E-state index < -0.39 is 17.3 Å². The second-order valence-corrected chi connectivity index (χ2v) is 13.1. The minimum Gasteiger partial charge on any atom is -0.488 e. The summed E-state index contributed by atoms with van der Waals surface area (Å²) in [5.41, 5.74) is 0.403. The average Bonchev–Trinajstić information content (AvgIpc) is 3.64. The fraction of sp³-hybridized carbons (Fsp3) is 0.485. The molecule has 4 aliphatic heterocycles. The van der Waals surface area contributed by atoms with Crippen LogP contribution in [0.5, 0.6) is 5.75 Å². The number of rotatable bonds is 7. The fourth-order valence-corrected chi connectivity index (χ4v) is 7.86. The van der Waals surface area contributed by atoms with Crippen LogP contribution in [0.15, 0.2) is 41.7 Å². The highest BCUT2D eigenvalue weighted by Gasteiger charge is 2.39. The molecule has 0 N–H and O–H groups in total. The number of hydrogen-bond acceptors (Lipinski definition) is 7. The third kappa shape index (κ3) is 5.18. The Hall–Kier alpha value is -3.54. The lowest BCUT2D eigenvalue weighted by molar-refractivity contribution is -0.128. The van der Waals surface area contributed by atoms with E-state index >= 15 is 4.39 Å². The summed E-state index contributed by atoms with van der Waals surface area (Å²) in [6.45, 7) is 11.2. The molecule has 5 heterocycles.